The summed E-state index contributed by atoms with van der Waals surface area (Å²) >= 11 is 0. The lowest BCUT2D eigenvalue weighted by molar-refractivity contribution is -0.120. The smallest absolute Gasteiger partial charge is 0.224 e. The number of ether oxygens (including phenoxy) is 2. The van der Waals surface area contributed by atoms with E-state index in [9.17, 15) is 9.90 Å². The SMILES string of the molecule is COc1ccccc1CC(=O)NCCc1ccc(O)c(OCc2ccccc2)c1. The lowest BCUT2D eigenvalue weighted by Gasteiger charge is -2.11. The number of methoxy groups -OCH3 is 1. The fourth-order valence-electron chi connectivity index (χ4n) is 3.00. The predicted molar refractivity (Wildman–Crippen MR) is 112 cm³/mol. The van der Waals surface area contributed by atoms with Crippen molar-refractivity contribution in [3.8, 4) is 17.2 Å². The summed E-state index contributed by atoms with van der Waals surface area (Å²) in [7, 11) is 1.60. The average Bonchev–Trinajstić information content (AvgIpc) is 2.75. The van der Waals surface area contributed by atoms with Gasteiger partial charge in [-0.05, 0) is 35.7 Å². The maximum absolute atomic E-state index is 12.2. The Balaban J connectivity index is 1.50. The molecule has 5 heteroatoms. The van der Waals surface area contributed by atoms with Gasteiger partial charge >= 0.3 is 0 Å². The molecule has 29 heavy (non-hydrogen) atoms. The third-order valence-corrected chi connectivity index (χ3v) is 4.54. The van der Waals surface area contributed by atoms with Crippen LogP contribution < -0.4 is 14.8 Å². The zero-order valence-electron chi connectivity index (χ0n) is 16.4. The molecule has 1 amide bonds. The molecule has 0 unspecified atom stereocenters. The van der Waals surface area contributed by atoms with Gasteiger partial charge in [0, 0.05) is 12.1 Å². The van der Waals surface area contributed by atoms with Gasteiger partial charge in [0.25, 0.3) is 0 Å². The molecular weight excluding hydrogens is 366 g/mol. The number of hydrogen-bond donors (Lipinski definition) is 2. The van der Waals surface area contributed by atoms with E-state index in [1.165, 1.54) is 0 Å². The lowest BCUT2D eigenvalue weighted by atomic mass is 10.1. The van der Waals surface area contributed by atoms with E-state index in [1.807, 2.05) is 66.7 Å². The van der Waals surface area contributed by atoms with Crippen molar-refractivity contribution in [1.29, 1.82) is 0 Å². The molecule has 0 radical (unpaired) electrons. The summed E-state index contributed by atoms with van der Waals surface area (Å²) in [5, 5.41) is 13.0. The van der Waals surface area contributed by atoms with E-state index in [-0.39, 0.29) is 18.1 Å². The Kier molecular flexibility index (Phi) is 7.11. The largest absolute Gasteiger partial charge is 0.504 e. The van der Waals surface area contributed by atoms with Crippen molar-refractivity contribution in [3.05, 3.63) is 89.5 Å². The molecule has 0 heterocycles. The Bertz CT molecular complexity index is 941. The van der Waals surface area contributed by atoms with E-state index in [0.717, 1.165) is 16.7 Å². The first kappa shape index (κ1) is 20.3. The average molecular weight is 391 g/mol. The van der Waals surface area contributed by atoms with Crippen LogP contribution in [0, 0.1) is 0 Å². The minimum Gasteiger partial charge on any atom is -0.504 e. The first-order chi connectivity index (χ1) is 14.2. The Morgan fingerprint density at radius 3 is 2.48 bits per heavy atom. The zero-order chi connectivity index (χ0) is 20.5. The molecule has 0 bridgehead atoms. The van der Waals surface area contributed by atoms with Gasteiger partial charge in [-0.3, -0.25) is 4.79 Å². The maximum Gasteiger partial charge on any atom is 0.224 e. The highest BCUT2D eigenvalue weighted by atomic mass is 16.5. The highest BCUT2D eigenvalue weighted by Gasteiger charge is 2.09. The molecule has 0 saturated carbocycles. The molecule has 150 valence electrons. The molecule has 3 rings (SSSR count). The molecule has 5 nitrogen and oxygen atoms in total. The zero-order valence-corrected chi connectivity index (χ0v) is 16.4. The van der Waals surface area contributed by atoms with Crippen molar-refractivity contribution < 1.29 is 19.4 Å². The standard InChI is InChI=1S/C24H25NO4/c1-28-22-10-6-5-9-20(22)16-24(27)25-14-13-18-11-12-21(26)23(15-18)29-17-19-7-3-2-4-8-19/h2-12,15,26H,13-14,16-17H2,1H3,(H,25,27). The second-order valence-corrected chi connectivity index (χ2v) is 6.66. The van der Waals surface area contributed by atoms with Crippen LogP contribution >= 0.6 is 0 Å². The first-order valence-corrected chi connectivity index (χ1v) is 9.53. The summed E-state index contributed by atoms with van der Waals surface area (Å²) in [6.45, 7) is 0.879. The number of benzene rings is 3. The molecule has 0 spiro atoms. The number of phenolic OH excluding ortho intramolecular Hbond substituents is 1. The Labute approximate surface area is 170 Å². The van der Waals surface area contributed by atoms with E-state index in [2.05, 4.69) is 5.32 Å². The molecule has 0 aliphatic rings. The van der Waals surface area contributed by atoms with E-state index in [1.54, 1.807) is 13.2 Å². The van der Waals surface area contributed by atoms with E-state index >= 15 is 0 Å². The molecule has 0 atom stereocenters. The van der Waals surface area contributed by atoms with Gasteiger partial charge in [0.15, 0.2) is 11.5 Å². The van der Waals surface area contributed by atoms with Gasteiger partial charge < -0.3 is 19.9 Å². The number of aromatic hydroxyl groups is 1. The molecule has 3 aromatic carbocycles. The molecule has 0 aromatic heterocycles. The molecule has 3 aromatic rings. The number of amides is 1. The molecule has 0 aliphatic heterocycles. The van der Waals surface area contributed by atoms with Crippen molar-refractivity contribution in [1.82, 2.24) is 5.32 Å². The van der Waals surface area contributed by atoms with Gasteiger partial charge in [-0.15, -0.1) is 0 Å². The monoisotopic (exact) mass is 391 g/mol. The molecule has 0 saturated heterocycles. The highest BCUT2D eigenvalue weighted by molar-refractivity contribution is 5.79. The Morgan fingerprint density at radius 2 is 1.69 bits per heavy atom. The van der Waals surface area contributed by atoms with Crippen LogP contribution in [-0.4, -0.2) is 24.7 Å². The van der Waals surface area contributed by atoms with E-state index in [4.69, 9.17) is 9.47 Å². The van der Waals surface area contributed by atoms with Crippen molar-refractivity contribution in [2.24, 2.45) is 0 Å². The summed E-state index contributed by atoms with van der Waals surface area (Å²) in [5.41, 5.74) is 2.86. The van der Waals surface area contributed by atoms with Crippen LogP contribution in [0.4, 0.5) is 0 Å². The quantitative estimate of drug-likeness (QED) is 0.581. The van der Waals surface area contributed by atoms with Crippen LogP contribution in [0.25, 0.3) is 0 Å². The van der Waals surface area contributed by atoms with Crippen molar-refractivity contribution in [2.45, 2.75) is 19.4 Å². The van der Waals surface area contributed by atoms with Crippen molar-refractivity contribution >= 4 is 5.91 Å². The first-order valence-electron chi connectivity index (χ1n) is 9.53. The number of carbonyl (C=O) groups is 1. The van der Waals surface area contributed by atoms with Crippen LogP contribution in [0.15, 0.2) is 72.8 Å². The van der Waals surface area contributed by atoms with E-state index < -0.39 is 0 Å². The third-order valence-electron chi connectivity index (χ3n) is 4.54. The van der Waals surface area contributed by atoms with Crippen molar-refractivity contribution in [2.75, 3.05) is 13.7 Å². The van der Waals surface area contributed by atoms with Gasteiger partial charge in [0.2, 0.25) is 5.91 Å². The van der Waals surface area contributed by atoms with E-state index in [0.29, 0.717) is 31.1 Å². The second kappa shape index (κ2) is 10.2. The summed E-state index contributed by atoms with van der Waals surface area (Å²) in [5.74, 6) is 1.19. The van der Waals surface area contributed by atoms with Crippen LogP contribution in [0.2, 0.25) is 0 Å². The number of hydrogen-bond acceptors (Lipinski definition) is 4. The maximum atomic E-state index is 12.2. The summed E-state index contributed by atoms with van der Waals surface area (Å²) in [4.78, 5) is 12.2. The number of carbonyl (C=O) groups excluding carboxylic acids is 1. The van der Waals surface area contributed by atoms with Crippen molar-refractivity contribution in [3.63, 3.8) is 0 Å². The van der Waals surface area contributed by atoms with Gasteiger partial charge in [0.1, 0.15) is 12.4 Å². The molecular formula is C24H25NO4. The highest BCUT2D eigenvalue weighted by Crippen LogP contribution is 2.28. The van der Waals surface area contributed by atoms with Crippen LogP contribution in [0.5, 0.6) is 17.2 Å². The molecule has 0 aliphatic carbocycles. The lowest BCUT2D eigenvalue weighted by Crippen LogP contribution is -2.27. The fraction of sp³-hybridized carbons (Fsp3) is 0.208. The molecule has 0 fully saturated rings. The van der Waals surface area contributed by atoms with Gasteiger partial charge in [-0.25, -0.2) is 0 Å². The number of rotatable bonds is 9. The minimum atomic E-state index is -0.0613. The number of phenols is 1. The van der Waals surface area contributed by atoms with Crippen LogP contribution in [0.1, 0.15) is 16.7 Å². The summed E-state index contributed by atoms with van der Waals surface area (Å²) < 4.78 is 11.0. The van der Waals surface area contributed by atoms with Gasteiger partial charge in [0.05, 0.1) is 13.5 Å². The topological polar surface area (TPSA) is 67.8 Å². The normalized spacial score (nSPS) is 10.4. The van der Waals surface area contributed by atoms with Crippen LogP contribution in [-0.2, 0) is 24.2 Å². The molecule has 2 N–H and O–H groups in total. The van der Waals surface area contributed by atoms with Gasteiger partial charge in [-0.2, -0.15) is 0 Å². The summed E-state index contributed by atoms with van der Waals surface area (Å²) in [6.07, 6.45) is 0.907. The number of nitrogens with one attached hydrogen (secondary N) is 1. The fourth-order valence-corrected chi connectivity index (χ4v) is 3.00. The van der Waals surface area contributed by atoms with Crippen LogP contribution in [0.3, 0.4) is 0 Å². The second-order valence-electron chi connectivity index (χ2n) is 6.66. The summed E-state index contributed by atoms with van der Waals surface area (Å²) in [6, 6.07) is 22.5. The van der Waals surface area contributed by atoms with Gasteiger partial charge in [-0.1, -0.05) is 54.6 Å². The predicted octanol–water partition coefficient (Wildman–Crippen LogP) is 3.88. The Morgan fingerprint density at radius 1 is 0.931 bits per heavy atom. The minimum absolute atomic E-state index is 0.0613. The number of para-hydroxylation sites is 1. The Hall–Kier alpha value is -3.47. The third kappa shape index (κ3) is 6.01.